The molecule has 8 nitrogen and oxygen atoms in total. The third-order valence-electron chi connectivity index (χ3n) is 4.58. The Bertz CT molecular complexity index is 999. The first-order valence-electron chi connectivity index (χ1n) is 8.30. The van der Waals surface area contributed by atoms with Crippen LogP contribution < -0.4 is 10.6 Å². The third kappa shape index (κ3) is 2.65. The summed E-state index contributed by atoms with van der Waals surface area (Å²) in [7, 11) is 0. The minimum absolute atomic E-state index is 0.0237. The molecule has 132 valence electrons. The van der Waals surface area contributed by atoms with E-state index >= 15 is 0 Å². The number of anilines is 1. The molecule has 26 heavy (non-hydrogen) atoms. The van der Waals surface area contributed by atoms with Gasteiger partial charge in [0.05, 0.1) is 5.39 Å². The van der Waals surface area contributed by atoms with Gasteiger partial charge in [0.1, 0.15) is 23.2 Å². The fourth-order valence-electron chi connectivity index (χ4n) is 3.36. The van der Waals surface area contributed by atoms with Gasteiger partial charge in [-0.15, -0.1) is 0 Å². The maximum Gasteiger partial charge on any atom is 0.352 e. The molecule has 4 rings (SSSR count). The molecule has 2 aromatic heterocycles. The number of carbonyl (C=O) groups excluding carboxylic acids is 1. The molecule has 0 spiro atoms. The van der Waals surface area contributed by atoms with Crippen LogP contribution in [0.15, 0.2) is 36.4 Å². The Labute approximate surface area is 148 Å². The number of nitrogens with one attached hydrogen (secondary N) is 1. The van der Waals surface area contributed by atoms with Gasteiger partial charge in [-0.1, -0.05) is 30.3 Å². The predicted octanol–water partition coefficient (Wildman–Crippen LogP) is 1.78. The van der Waals surface area contributed by atoms with Crippen LogP contribution in [-0.2, 0) is 4.79 Å². The topological polar surface area (TPSA) is 125 Å². The molecule has 1 saturated heterocycles. The zero-order valence-corrected chi connectivity index (χ0v) is 13.8. The fourth-order valence-corrected chi connectivity index (χ4v) is 3.36. The molecule has 1 aliphatic rings. The lowest BCUT2D eigenvalue weighted by atomic mass is 10.2. The van der Waals surface area contributed by atoms with Crippen molar-refractivity contribution >= 4 is 28.7 Å². The predicted molar refractivity (Wildman–Crippen MR) is 95.8 cm³/mol. The number of aromatic amines is 1. The molecule has 0 saturated carbocycles. The summed E-state index contributed by atoms with van der Waals surface area (Å²) in [6.45, 7) is 0.627. The minimum Gasteiger partial charge on any atom is -0.477 e. The van der Waals surface area contributed by atoms with Crippen LogP contribution in [-0.4, -0.2) is 44.5 Å². The van der Waals surface area contributed by atoms with E-state index in [4.69, 9.17) is 5.73 Å². The van der Waals surface area contributed by atoms with E-state index in [1.807, 2.05) is 35.2 Å². The van der Waals surface area contributed by atoms with Gasteiger partial charge in [-0.05, 0) is 18.9 Å². The molecular formula is C18H17N5O3. The summed E-state index contributed by atoms with van der Waals surface area (Å²) in [5.41, 5.74) is 6.79. The van der Waals surface area contributed by atoms with Crippen molar-refractivity contribution in [2.45, 2.75) is 18.9 Å². The van der Waals surface area contributed by atoms with Crippen molar-refractivity contribution in [3.8, 4) is 11.4 Å². The Morgan fingerprint density at radius 3 is 2.69 bits per heavy atom. The number of H-pyrrole nitrogens is 1. The number of carbonyl (C=O) groups is 2. The zero-order valence-electron chi connectivity index (χ0n) is 13.8. The fraction of sp³-hybridized carbons (Fsp3) is 0.222. The molecule has 1 aromatic carbocycles. The summed E-state index contributed by atoms with van der Waals surface area (Å²) in [4.78, 5) is 37.0. The van der Waals surface area contributed by atoms with Gasteiger partial charge in [-0.25, -0.2) is 14.8 Å². The highest BCUT2D eigenvalue weighted by Crippen LogP contribution is 2.32. The van der Waals surface area contributed by atoms with Crippen molar-refractivity contribution in [1.82, 2.24) is 15.0 Å². The summed E-state index contributed by atoms with van der Waals surface area (Å²) in [6.07, 6.45) is 1.47. The van der Waals surface area contributed by atoms with Gasteiger partial charge in [-0.2, -0.15) is 0 Å². The smallest absolute Gasteiger partial charge is 0.352 e. The number of carboxylic acids is 1. The van der Waals surface area contributed by atoms with Gasteiger partial charge in [0.25, 0.3) is 0 Å². The van der Waals surface area contributed by atoms with Crippen LogP contribution in [0.2, 0.25) is 0 Å². The Balaban J connectivity index is 1.94. The Morgan fingerprint density at radius 1 is 1.23 bits per heavy atom. The Kier molecular flexibility index (Phi) is 3.80. The van der Waals surface area contributed by atoms with Crippen LogP contribution in [0.4, 0.5) is 5.82 Å². The molecule has 3 heterocycles. The lowest BCUT2D eigenvalue weighted by Crippen LogP contribution is -2.40. The van der Waals surface area contributed by atoms with Crippen molar-refractivity contribution in [3.05, 3.63) is 42.1 Å². The standard InChI is InChI=1S/C18H17N5O3/c19-14(24)13-7-4-8-23(13)17-11-9-12(18(25)26)20-16(11)21-15(22-17)10-5-2-1-3-6-10/h1-3,5-6,9,13H,4,7-8H2,(H2,19,24)(H,25,26)(H,20,21,22)/t13-/m0/s1. The first-order chi connectivity index (χ1) is 12.5. The van der Waals surface area contributed by atoms with E-state index in [0.29, 0.717) is 35.6 Å². The number of carboxylic acid groups (broad SMARTS) is 1. The van der Waals surface area contributed by atoms with E-state index < -0.39 is 17.9 Å². The number of nitrogens with two attached hydrogens (primary N) is 1. The van der Waals surface area contributed by atoms with Crippen molar-refractivity contribution in [3.63, 3.8) is 0 Å². The van der Waals surface area contributed by atoms with Crippen molar-refractivity contribution in [2.24, 2.45) is 5.73 Å². The number of amides is 1. The average molecular weight is 351 g/mol. The van der Waals surface area contributed by atoms with E-state index in [1.165, 1.54) is 6.07 Å². The van der Waals surface area contributed by atoms with Gasteiger partial charge in [0, 0.05) is 12.1 Å². The van der Waals surface area contributed by atoms with Crippen LogP contribution in [0.3, 0.4) is 0 Å². The molecule has 1 atom stereocenters. The molecule has 0 bridgehead atoms. The molecule has 3 aromatic rings. The van der Waals surface area contributed by atoms with E-state index in [1.54, 1.807) is 0 Å². The Morgan fingerprint density at radius 2 is 2.00 bits per heavy atom. The quantitative estimate of drug-likeness (QED) is 0.658. The second kappa shape index (κ2) is 6.14. The minimum atomic E-state index is -1.08. The largest absolute Gasteiger partial charge is 0.477 e. The van der Waals surface area contributed by atoms with Crippen LogP contribution in [0.25, 0.3) is 22.4 Å². The lowest BCUT2D eigenvalue weighted by molar-refractivity contribution is -0.119. The molecule has 0 aliphatic carbocycles. The van der Waals surface area contributed by atoms with Gasteiger partial charge >= 0.3 is 5.97 Å². The average Bonchev–Trinajstić information content (AvgIpc) is 3.28. The summed E-state index contributed by atoms with van der Waals surface area (Å²) >= 11 is 0. The van der Waals surface area contributed by atoms with E-state index in [0.717, 1.165) is 12.0 Å². The summed E-state index contributed by atoms with van der Waals surface area (Å²) < 4.78 is 0. The molecule has 1 aliphatic heterocycles. The van der Waals surface area contributed by atoms with Crippen molar-refractivity contribution in [2.75, 3.05) is 11.4 Å². The molecule has 0 radical (unpaired) electrons. The van der Waals surface area contributed by atoms with E-state index in [-0.39, 0.29) is 5.69 Å². The highest BCUT2D eigenvalue weighted by Gasteiger charge is 2.32. The first-order valence-corrected chi connectivity index (χ1v) is 8.30. The number of fused-ring (bicyclic) bond motifs is 1. The van der Waals surface area contributed by atoms with Crippen molar-refractivity contribution < 1.29 is 14.7 Å². The number of rotatable bonds is 4. The molecular weight excluding hydrogens is 334 g/mol. The Hall–Kier alpha value is -3.42. The van der Waals surface area contributed by atoms with E-state index in [2.05, 4.69) is 15.0 Å². The van der Waals surface area contributed by atoms with Crippen molar-refractivity contribution in [1.29, 1.82) is 0 Å². The second-order valence-corrected chi connectivity index (χ2v) is 6.24. The normalized spacial score (nSPS) is 16.9. The van der Waals surface area contributed by atoms with E-state index in [9.17, 15) is 14.7 Å². The number of hydrogen-bond donors (Lipinski definition) is 3. The van der Waals surface area contributed by atoms with Gasteiger partial charge in [-0.3, -0.25) is 4.79 Å². The first kappa shape index (κ1) is 16.1. The number of benzene rings is 1. The van der Waals surface area contributed by atoms with Crippen LogP contribution >= 0.6 is 0 Å². The number of aromatic carboxylic acids is 1. The highest BCUT2D eigenvalue weighted by atomic mass is 16.4. The van der Waals surface area contributed by atoms with Crippen LogP contribution in [0.5, 0.6) is 0 Å². The number of aromatic nitrogens is 3. The summed E-state index contributed by atoms with van der Waals surface area (Å²) in [6, 6.07) is 10.4. The highest BCUT2D eigenvalue weighted by molar-refractivity contribution is 5.98. The molecule has 0 unspecified atom stereocenters. The summed E-state index contributed by atoms with van der Waals surface area (Å²) in [5.74, 6) is -0.506. The maximum absolute atomic E-state index is 11.8. The number of primary amides is 1. The molecule has 8 heteroatoms. The summed E-state index contributed by atoms with van der Waals surface area (Å²) in [5, 5.41) is 9.87. The SMILES string of the molecule is NC(=O)[C@@H]1CCCN1c1nc(-c2ccccc2)nc2[nH]c(C(=O)O)cc12. The molecule has 1 amide bonds. The second-order valence-electron chi connectivity index (χ2n) is 6.24. The molecule has 1 fully saturated rings. The van der Waals surface area contributed by atoms with Crippen LogP contribution in [0.1, 0.15) is 23.3 Å². The maximum atomic E-state index is 11.8. The lowest BCUT2D eigenvalue weighted by Gasteiger charge is -2.24. The molecule has 4 N–H and O–H groups in total. The number of nitrogens with zero attached hydrogens (tertiary/aromatic N) is 3. The zero-order chi connectivity index (χ0) is 18.3. The number of hydrogen-bond acceptors (Lipinski definition) is 5. The van der Waals surface area contributed by atoms with Gasteiger partial charge in [0.2, 0.25) is 5.91 Å². The van der Waals surface area contributed by atoms with Crippen LogP contribution in [0, 0.1) is 0 Å². The third-order valence-corrected chi connectivity index (χ3v) is 4.58. The van der Waals surface area contributed by atoms with Gasteiger partial charge in [0.15, 0.2) is 5.82 Å². The van der Waals surface area contributed by atoms with Gasteiger partial charge < -0.3 is 20.7 Å². The monoisotopic (exact) mass is 351 g/mol.